The Balaban J connectivity index is 1.26. The number of thiophene rings is 1. The van der Waals surface area contributed by atoms with Gasteiger partial charge in [0.25, 0.3) is 5.91 Å². The number of thioether (sulfide) groups is 1. The largest absolute Gasteiger partial charge is 0.459 e. The van der Waals surface area contributed by atoms with E-state index in [-0.39, 0.29) is 11.8 Å². The van der Waals surface area contributed by atoms with Crippen LogP contribution >= 0.6 is 23.1 Å². The monoisotopic (exact) mass is 416 g/mol. The molecule has 0 spiro atoms. The van der Waals surface area contributed by atoms with Gasteiger partial charge in [0, 0.05) is 48.6 Å². The number of furan rings is 1. The minimum absolute atomic E-state index is 0.115. The maximum Gasteiger partial charge on any atom is 0.289 e. The van der Waals surface area contributed by atoms with E-state index >= 15 is 0 Å². The Labute approximate surface area is 170 Å². The fourth-order valence-electron chi connectivity index (χ4n) is 3.18. The van der Waals surface area contributed by atoms with Gasteiger partial charge in [0.2, 0.25) is 5.91 Å². The number of piperazine rings is 1. The molecule has 1 saturated heterocycles. The molecule has 4 rings (SSSR count). The van der Waals surface area contributed by atoms with Crippen molar-refractivity contribution in [2.75, 3.05) is 31.9 Å². The van der Waals surface area contributed by atoms with E-state index in [1.165, 1.54) is 11.1 Å². The Bertz CT molecular complexity index is 978. The third kappa shape index (κ3) is 4.05. The van der Waals surface area contributed by atoms with E-state index < -0.39 is 0 Å². The molecule has 0 radical (unpaired) electrons. The number of rotatable bonds is 5. The minimum atomic E-state index is -0.119. The van der Waals surface area contributed by atoms with Crippen LogP contribution in [0, 0.1) is 6.92 Å². The molecular formula is C19H20N4O3S2. The molecule has 1 aliphatic rings. The van der Waals surface area contributed by atoms with Crippen molar-refractivity contribution in [3.8, 4) is 0 Å². The van der Waals surface area contributed by atoms with Crippen LogP contribution in [0.4, 0.5) is 0 Å². The summed E-state index contributed by atoms with van der Waals surface area (Å²) in [5, 5.41) is 1.99. The highest BCUT2D eigenvalue weighted by Gasteiger charge is 2.25. The van der Waals surface area contributed by atoms with Crippen molar-refractivity contribution in [1.29, 1.82) is 0 Å². The second kappa shape index (κ2) is 8.32. The molecule has 7 nitrogen and oxygen atoms in total. The predicted molar refractivity (Wildman–Crippen MR) is 109 cm³/mol. The maximum absolute atomic E-state index is 12.5. The first-order chi connectivity index (χ1) is 13.6. The molecule has 0 atom stereocenters. The first kappa shape index (κ1) is 18.9. The van der Waals surface area contributed by atoms with Gasteiger partial charge < -0.3 is 14.2 Å². The number of carbonyl (C=O) groups excluding carboxylic acids is 2. The fraction of sp³-hybridized carbons (Fsp3) is 0.368. The van der Waals surface area contributed by atoms with Crippen molar-refractivity contribution in [2.24, 2.45) is 0 Å². The van der Waals surface area contributed by atoms with Gasteiger partial charge in [0.1, 0.15) is 16.2 Å². The Morgan fingerprint density at radius 3 is 2.75 bits per heavy atom. The molecule has 0 saturated carbocycles. The van der Waals surface area contributed by atoms with Crippen molar-refractivity contribution in [3.05, 3.63) is 41.4 Å². The van der Waals surface area contributed by atoms with Crippen LogP contribution in [-0.4, -0.2) is 63.5 Å². The highest BCUT2D eigenvalue weighted by molar-refractivity contribution is 7.99. The molecule has 1 fully saturated rings. The van der Waals surface area contributed by atoms with E-state index in [2.05, 4.69) is 23.0 Å². The van der Waals surface area contributed by atoms with Gasteiger partial charge >= 0.3 is 0 Å². The number of hydrogen-bond acceptors (Lipinski definition) is 7. The number of hydrogen-bond donors (Lipinski definition) is 0. The molecule has 0 N–H and O–H groups in total. The third-order valence-electron chi connectivity index (χ3n) is 4.62. The van der Waals surface area contributed by atoms with Gasteiger partial charge in [-0.15, -0.1) is 23.1 Å². The molecule has 0 aromatic carbocycles. The highest BCUT2D eigenvalue weighted by Crippen LogP contribution is 2.30. The lowest BCUT2D eigenvalue weighted by molar-refractivity contribution is -0.132. The van der Waals surface area contributed by atoms with Crippen molar-refractivity contribution in [3.63, 3.8) is 0 Å². The molecular weight excluding hydrogens is 396 g/mol. The quantitative estimate of drug-likeness (QED) is 0.470. The zero-order valence-corrected chi connectivity index (χ0v) is 17.1. The molecule has 3 aromatic heterocycles. The molecule has 9 heteroatoms. The van der Waals surface area contributed by atoms with Gasteiger partial charge in [0.05, 0.1) is 6.26 Å². The molecule has 0 aliphatic carbocycles. The number of aromatic nitrogens is 2. The number of fused-ring (bicyclic) bond motifs is 1. The van der Waals surface area contributed by atoms with E-state index in [4.69, 9.17) is 4.42 Å². The molecule has 146 valence electrons. The van der Waals surface area contributed by atoms with Crippen LogP contribution in [-0.2, 0) is 4.79 Å². The van der Waals surface area contributed by atoms with Crippen molar-refractivity contribution >= 4 is 45.1 Å². The van der Waals surface area contributed by atoms with Crippen LogP contribution in [0.3, 0.4) is 0 Å². The van der Waals surface area contributed by atoms with Gasteiger partial charge in [0.15, 0.2) is 5.76 Å². The lowest BCUT2D eigenvalue weighted by Crippen LogP contribution is -2.50. The Morgan fingerprint density at radius 2 is 2.00 bits per heavy atom. The van der Waals surface area contributed by atoms with Crippen molar-refractivity contribution in [1.82, 2.24) is 19.8 Å². The molecule has 4 heterocycles. The second-order valence-electron chi connectivity index (χ2n) is 6.50. The number of aryl methyl sites for hydroxylation is 1. The maximum atomic E-state index is 12.5. The first-order valence-electron chi connectivity index (χ1n) is 9.06. The summed E-state index contributed by atoms with van der Waals surface area (Å²) in [5.74, 6) is 1.01. The summed E-state index contributed by atoms with van der Waals surface area (Å²) >= 11 is 3.24. The normalized spacial score (nSPS) is 14.6. The molecule has 0 bridgehead atoms. The summed E-state index contributed by atoms with van der Waals surface area (Å²) < 4.78 is 5.17. The molecule has 0 unspecified atom stereocenters. The topological polar surface area (TPSA) is 79.5 Å². The van der Waals surface area contributed by atoms with Crippen LogP contribution < -0.4 is 0 Å². The first-order valence-corrected chi connectivity index (χ1v) is 10.9. The predicted octanol–water partition coefficient (Wildman–Crippen LogP) is 3.06. The van der Waals surface area contributed by atoms with Gasteiger partial charge in [-0.05, 0) is 25.1 Å². The summed E-state index contributed by atoms with van der Waals surface area (Å²) in [7, 11) is 0. The lowest BCUT2D eigenvalue weighted by Gasteiger charge is -2.34. The molecule has 1 aliphatic heterocycles. The third-order valence-corrected chi connectivity index (χ3v) is 6.59. The summed E-state index contributed by atoms with van der Waals surface area (Å²) in [6.45, 7) is 4.22. The summed E-state index contributed by atoms with van der Waals surface area (Å²) in [6, 6.07) is 5.46. The minimum Gasteiger partial charge on any atom is -0.459 e. The van der Waals surface area contributed by atoms with Gasteiger partial charge in [-0.25, -0.2) is 9.97 Å². The van der Waals surface area contributed by atoms with Crippen LogP contribution in [0.15, 0.2) is 40.2 Å². The number of nitrogens with zero attached hydrogens (tertiary/aromatic N) is 4. The van der Waals surface area contributed by atoms with Crippen LogP contribution in [0.5, 0.6) is 0 Å². The fourth-order valence-corrected chi connectivity index (χ4v) is 4.99. The SMILES string of the molecule is Cc1cc2c(SCCC(=O)N3CCN(C(=O)c4ccco4)CC3)ncnc2s1. The highest BCUT2D eigenvalue weighted by atomic mass is 32.2. The van der Waals surface area contributed by atoms with Crippen LogP contribution in [0.25, 0.3) is 10.2 Å². The Morgan fingerprint density at radius 1 is 1.21 bits per heavy atom. The zero-order valence-electron chi connectivity index (χ0n) is 15.5. The molecule has 28 heavy (non-hydrogen) atoms. The number of amides is 2. The Hall–Kier alpha value is -2.39. The summed E-state index contributed by atoms with van der Waals surface area (Å²) in [4.78, 5) is 39.2. The van der Waals surface area contributed by atoms with Gasteiger partial charge in [-0.3, -0.25) is 9.59 Å². The summed E-state index contributed by atoms with van der Waals surface area (Å²) in [5.41, 5.74) is 0. The lowest BCUT2D eigenvalue weighted by atomic mass is 10.2. The average molecular weight is 417 g/mol. The molecule has 3 aromatic rings. The van der Waals surface area contributed by atoms with Crippen molar-refractivity contribution < 1.29 is 14.0 Å². The van der Waals surface area contributed by atoms with E-state index in [0.29, 0.717) is 44.1 Å². The standard InChI is InChI=1S/C19H20N4O3S2/c1-13-11-14-17(20-12-21-18(14)28-13)27-10-4-16(24)22-5-7-23(8-6-22)19(25)15-3-2-9-26-15/h2-3,9,11-12H,4-8,10H2,1H3. The summed E-state index contributed by atoms with van der Waals surface area (Å²) in [6.07, 6.45) is 3.52. The van der Waals surface area contributed by atoms with E-state index in [0.717, 1.165) is 15.2 Å². The average Bonchev–Trinajstić information content (AvgIpc) is 3.37. The smallest absolute Gasteiger partial charge is 0.289 e. The van der Waals surface area contributed by atoms with Crippen LogP contribution in [0.1, 0.15) is 21.9 Å². The van der Waals surface area contributed by atoms with Crippen LogP contribution in [0.2, 0.25) is 0 Å². The van der Waals surface area contributed by atoms with Crippen molar-refractivity contribution in [2.45, 2.75) is 18.4 Å². The van der Waals surface area contributed by atoms with Gasteiger partial charge in [-0.2, -0.15) is 0 Å². The molecule has 2 amide bonds. The Kier molecular flexibility index (Phi) is 5.63. The zero-order chi connectivity index (χ0) is 19.5. The van der Waals surface area contributed by atoms with E-state index in [9.17, 15) is 9.59 Å². The van der Waals surface area contributed by atoms with E-state index in [1.807, 2.05) is 4.90 Å². The van der Waals surface area contributed by atoms with Gasteiger partial charge in [-0.1, -0.05) is 0 Å². The number of carbonyl (C=O) groups is 2. The van der Waals surface area contributed by atoms with E-state index in [1.54, 1.807) is 46.5 Å². The second-order valence-corrected chi connectivity index (χ2v) is 8.82.